The topological polar surface area (TPSA) is 39.9 Å². The van der Waals surface area contributed by atoms with Gasteiger partial charge in [-0.05, 0) is 30.7 Å². The van der Waals surface area contributed by atoms with Gasteiger partial charge in [-0.3, -0.25) is 4.98 Å². The number of halogens is 5. The molecule has 0 saturated heterocycles. The van der Waals surface area contributed by atoms with E-state index in [0.717, 1.165) is 23.1 Å². The molecule has 126 valence electrons. The molecule has 3 nitrogen and oxygen atoms in total. The van der Waals surface area contributed by atoms with Gasteiger partial charge in [-0.25, -0.2) is 4.39 Å². The Hall–Kier alpha value is -2.33. The van der Waals surface area contributed by atoms with E-state index in [4.69, 9.17) is 16.9 Å². The predicted octanol–water partition coefficient (Wildman–Crippen LogP) is 4.88. The maximum Gasteiger partial charge on any atom is 0.412 e. The van der Waals surface area contributed by atoms with Crippen LogP contribution in [0, 0.1) is 17.1 Å². The summed E-state index contributed by atoms with van der Waals surface area (Å²) in [5, 5.41) is 8.65. The number of nitriles is 1. The van der Waals surface area contributed by atoms with Crippen molar-refractivity contribution in [2.24, 2.45) is 0 Å². The largest absolute Gasteiger partial charge is 0.412 e. The van der Waals surface area contributed by atoms with Crippen molar-refractivity contribution in [2.75, 3.05) is 11.4 Å². The number of aromatic nitrogens is 1. The monoisotopic (exact) mass is 357 g/mol. The van der Waals surface area contributed by atoms with Crippen molar-refractivity contribution in [1.29, 1.82) is 5.26 Å². The summed E-state index contributed by atoms with van der Waals surface area (Å²) < 4.78 is 54.6. The van der Waals surface area contributed by atoms with E-state index < -0.39 is 18.0 Å². The fourth-order valence-corrected chi connectivity index (χ4v) is 2.51. The lowest BCUT2D eigenvalue weighted by Crippen LogP contribution is -2.38. The second-order valence-corrected chi connectivity index (χ2v) is 5.35. The SMILES string of the molecule is CCN(c1cncc(C#N)c1)[C@H](c1ccc(Cl)c(F)c1)C(F)(F)F. The molecule has 24 heavy (non-hydrogen) atoms. The van der Waals surface area contributed by atoms with Crippen LogP contribution in [0.5, 0.6) is 0 Å². The van der Waals surface area contributed by atoms with Gasteiger partial charge in [0.15, 0.2) is 6.04 Å². The highest BCUT2D eigenvalue weighted by Crippen LogP contribution is 2.40. The van der Waals surface area contributed by atoms with Gasteiger partial charge in [0.25, 0.3) is 0 Å². The standard InChI is InChI=1S/C16H12ClF4N3/c1-2-24(12-5-10(7-22)8-23-9-12)15(16(19,20)21)11-3-4-13(17)14(18)6-11/h3-6,8-9,15H,2H2,1H3/t15-/m1/s1. The lowest BCUT2D eigenvalue weighted by atomic mass is 10.0. The van der Waals surface area contributed by atoms with Gasteiger partial charge >= 0.3 is 6.18 Å². The first kappa shape index (κ1) is 18.0. The summed E-state index contributed by atoms with van der Waals surface area (Å²) in [7, 11) is 0. The van der Waals surface area contributed by atoms with Gasteiger partial charge in [0.1, 0.15) is 11.9 Å². The summed E-state index contributed by atoms with van der Waals surface area (Å²) >= 11 is 5.55. The van der Waals surface area contributed by atoms with Crippen molar-refractivity contribution in [1.82, 2.24) is 4.98 Å². The molecule has 0 aliphatic heterocycles. The molecule has 0 unspecified atom stereocenters. The number of hydrogen-bond acceptors (Lipinski definition) is 3. The van der Waals surface area contributed by atoms with E-state index in [1.165, 1.54) is 25.4 Å². The summed E-state index contributed by atoms with van der Waals surface area (Å²) in [6.07, 6.45) is -2.18. The van der Waals surface area contributed by atoms with E-state index in [1.807, 2.05) is 6.07 Å². The fraction of sp³-hybridized carbons (Fsp3) is 0.250. The molecule has 0 radical (unpaired) electrons. The van der Waals surface area contributed by atoms with Crippen molar-refractivity contribution in [3.63, 3.8) is 0 Å². The molecule has 0 amide bonds. The predicted molar refractivity (Wildman–Crippen MR) is 82.2 cm³/mol. The molecule has 1 atom stereocenters. The molecule has 1 heterocycles. The molecule has 0 aliphatic rings. The number of anilines is 1. The molecule has 8 heteroatoms. The third-order valence-electron chi connectivity index (χ3n) is 3.41. The van der Waals surface area contributed by atoms with E-state index in [2.05, 4.69) is 4.98 Å². The van der Waals surface area contributed by atoms with Crippen LogP contribution in [0.15, 0.2) is 36.7 Å². The summed E-state index contributed by atoms with van der Waals surface area (Å²) in [6.45, 7) is 1.51. The van der Waals surface area contributed by atoms with E-state index >= 15 is 0 Å². The quantitative estimate of drug-likeness (QED) is 0.732. The first-order valence-electron chi connectivity index (χ1n) is 6.91. The molecule has 2 rings (SSSR count). The molecular formula is C16H12ClF4N3. The van der Waals surface area contributed by atoms with Gasteiger partial charge in [0, 0.05) is 12.7 Å². The van der Waals surface area contributed by atoms with Crippen molar-refractivity contribution < 1.29 is 17.6 Å². The average Bonchev–Trinajstić information content (AvgIpc) is 2.54. The third-order valence-corrected chi connectivity index (χ3v) is 3.71. The Morgan fingerprint density at radius 1 is 1.29 bits per heavy atom. The molecule has 0 N–H and O–H groups in total. The van der Waals surface area contributed by atoms with Crippen LogP contribution in [0.1, 0.15) is 24.1 Å². The van der Waals surface area contributed by atoms with E-state index in [0.29, 0.717) is 0 Å². The molecule has 1 aromatic heterocycles. The normalized spacial score (nSPS) is 12.5. The highest BCUT2D eigenvalue weighted by Gasteiger charge is 2.45. The van der Waals surface area contributed by atoms with Crippen molar-refractivity contribution in [2.45, 2.75) is 19.1 Å². The van der Waals surface area contributed by atoms with E-state index in [1.54, 1.807) is 0 Å². The van der Waals surface area contributed by atoms with Gasteiger partial charge in [-0.2, -0.15) is 18.4 Å². The summed E-state index contributed by atoms with van der Waals surface area (Å²) in [5.74, 6) is -0.927. The Kier molecular flexibility index (Phi) is 5.30. The minimum atomic E-state index is -4.67. The molecule has 2 aromatic rings. The van der Waals surface area contributed by atoms with Crippen LogP contribution >= 0.6 is 11.6 Å². The fourth-order valence-electron chi connectivity index (χ4n) is 2.39. The number of nitrogens with zero attached hydrogens (tertiary/aromatic N) is 3. The van der Waals surface area contributed by atoms with Crippen molar-refractivity contribution >= 4 is 17.3 Å². The Labute approximate surface area is 141 Å². The lowest BCUT2D eigenvalue weighted by molar-refractivity contribution is -0.150. The second-order valence-electron chi connectivity index (χ2n) is 4.95. The number of benzene rings is 1. The minimum absolute atomic E-state index is 0.0228. The van der Waals surface area contributed by atoms with Gasteiger partial charge in [0.2, 0.25) is 0 Å². The summed E-state index contributed by atoms with van der Waals surface area (Å²) in [4.78, 5) is 4.80. The zero-order chi connectivity index (χ0) is 17.9. The zero-order valence-corrected chi connectivity index (χ0v) is 13.2. The first-order chi connectivity index (χ1) is 11.3. The minimum Gasteiger partial charge on any atom is -0.355 e. The van der Waals surface area contributed by atoms with Gasteiger partial charge in [-0.1, -0.05) is 17.7 Å². The number of rotatable bonds is 4. The molecule has 1 aromatic carbocycles. The molecule has 0 bridgehead atoms. The van der Waals surface area contributed by atoms with Crippen LogP contribution in [-0.4, -0.2) is 17.7 Å². The Morgan fingerprint density at radius 2 is 2.00 bits per heavy atom. The first-order valence-corrected chi connectivity index (χ1v) is 7.29. The summed E-state index contributed by atoms with van der Waals surface area (Å²) in [6, 6.07) is 4.03. The van der Waals surface area contributed by atoms with Crippen LogP contribution in [0.4, 0.5) is 23.2 Å². The smallest absolute Gasteiger partial charge is 0.355 e. The Balaban J connectivity index is 2.56. The van der Waals surface area contributed by atoms with Crippen molar-refractivity contribution in [3.8, 4) is 6.07 Å². The van der Waals surface area contributed by atoms with Crippen LogP contribution < -0.4 is 4.90 Å². The highest BCUT2D eigenvalue weighted by molar-refractivity contribution is 6.30. The molecule has 0 spiro atoms. The molecular weight excluding hydrogens is 346 g/mol. The zero-order valence-electron chi connectivity index (χ0n) is 12.5. The Morgan fingerprint density at radius 3 is 2.54 bits per heavy atom. The second kappa shape index (κ2) is 7.05. The van der Waals surface area contributed by atoms with E-state index in [-0.39, 0.29) is 28.4 Å². The van der Waals surface area contributed by atoms with Gasteiger partial charge in [-0.15, -0.1) is 0 Å². The van der Waals surface area contributed by atoms with Gasteiger partial charge < -0.3 is 4.90 Å². The highest BCUT2D eigenvalue weighted by atomic mass is 35.5. The average molecular weight is 358 g/mol. The Bertz CT molecular complexity index is 771. The number of alkyl halides is 3. The number of hydrogen-bond donors (Lipinski definition) is 0. The van der Waals surface area contributed by atoms with E-state index in [9.17, 15) is 17.6 Å². The van der Waals surface area contributed by atoms with Crippen LogP contribution in [0.25, 0.3) is 0 Å². The van der Waals surface area contributed by atoms with Gasteiger partial charge in [0.05, 0.1) is 22.5 Å². The maximum atomic E-state index is 13.7. The third kappa shape index (κ3) is 3.77. The molecule has 0 fully saturated rings. The molecule has 0 aliphatic carbocycles. The van der Waals surface area contributed by atoms with Crippen LogP contribution in [-0.2, 0) is 0 Å². The van der Waals surface area contributed by atoms with Crippen LogP contribution in [0.2, 0.25) is 5.02 Å². The summed E-state index contributed by atoms with van der Waals surface area (Å²) in [5.41, 5.74) is -0.0306. The van der Waals surface area contributed by atoms with Crippen molar-refractivity contribution in [3.05, 3.63) is 58.6 Å². The lowest BCUT2D eigenvalue weighted by Gasteiger charge is -2.34. The molecule has 0 saturated carbocycles. The van der Waals surface area contributed by atoms with Crippen LogP contribution in [0.3, 0.4) is 0 Å². The number of pyridine rings is 1. The maximum absolute atomic E-state index is 13.7.